The van der Waals surface area contributed by atoms with Gasteiger partial charge in [-0.05, 0) is 26.3 Å². The Morgan fingerprint density at radius 2 is 2.04 bits per heavy atom. The molecule has 2 atom stereocenters. The minimum absolute atomic E-state index is 0.0474. The molecule has 150 valence electrons. The molecular formula is C19H23N3O5S. The molecule has 0 aliphatic carbocycles. The molecular weight excluding hydrogens is 382 g/mol. The summed E-state index contributed by atoms with van der Waals surface area (Å²) in [5.74, 6) is -1.06. The molecule has 2 heterocycles. The van der Waals surface area contributed by atoms with Crippen molar-refractivity contribution < 1.29 is 22.7 Å². The Kier molecular flexibility index (Phi) is 5.83. The summed E-state index contributed by atoms with van der Waals surface area (Å²) < 4.78 is 28.7. The maximum atomic E-state index is 12.7. The minimum atomic E-state index is -3.11. The van der Waals surface area contributed by atoms with Gasteiger partial charge in [0.25, 0.3) is 5.91 Å². The highest BCUT2D eigenvalue weighted by molar-refractivity contribution is 7.91. The normalized spacial score (nSPS) is 19.1. The molecule has 3 rings (SSSR count). The zero-order valence-corrected chi connectivity index (χ0v) is 16.6. The molecule has 1 saturated heterocycles. The summed E-state index contributed by atoms with van der Waals surface area (Å²) >= 11 is 0. The Balaban J connectivity index is 1.65. The van der Waals surface area contributed by atoms with Gasteiger partial charge in [0, 0.05) is 18.2 Å². The number of nitrogens with one attached hydrogen (secondary N) is 1. The maximum absolute atomic E-state index is 12.7. The summed E-state index contributed by atoms with van der Waals surface area (Å²) in [6.45, 7) is 3.61. The average molecular weight is 405 g/mol. The number of aromatic nitrogens is 2. The van der Waals surface area contributed by atoms with Crippen LogP contribution < -0.4 is 0 Å². The molecule has 9 heteroatoms. The second-order valence-electron chi connectivity index (χ2n) is 6.76. The van der Waals surface area contributed by atoms with E-state index in [0.717, 1.165) is 5.56 Å². The van der Waals surface area contributed by atoms with E-state index < -0.39 is 27.8 Å². The first-order chi connectivity index (χ1) is 13.3. The summed E-state index contributed by atoms with van der Waals surface area (Å²) in [4.78, 5) is 26.6. The van der Waals surface area contributed by atoms with Crippen LogP contribution >= 0.6 is 0 Å². The lowest BCUT2D eigenvalue weighted by atomic mass is 10.1. The Hall–Kier alpha value is -2.68. The van der Waals surface area contributed by atoms with Gasteiger partial charge < -0.3 is 9.64 Å². The number of aromatic amines is 1. The van der Waals surface area contributed by atoms with Crippen LogP contribution in [0, 0.1) is 0 Å². The van der Waals surface area contributed by atoms with E-state index in [2.05, 4.69) is 10.2 Å². The fourth-order valence-corrected chi connectivity index (χ4v) is 5.04. The summed E-state index contributed by atoms with van der Waals surface area (Å²) in [5.41, 5.74) is 1.59. The maximum Gasteiger partial charge on any atom is 0.357 e. The van der Waals surface area contributed by atoms with Crippen molar-refractivity contribution >= 4 is 21.7 Å². The molecule has 2 aromatic rings. The number of ether oxygens (including phenoxy) is 1. The number of benzene rings is 1. The number of hydrogen-bond acceptors (Lipinski definition) is 6. The number of carbonyl (C=O) groups excluding carboxylic acids is 2. The lowest BCUT2D eigenvalue weighted by Gasteiger charge is -2.29. The number of nitrogens with zero attached hydrogens (tertiary/aromatic N) is 2. The first-order valence-corrected chi connectivity index (χ1v) is 11.0. The van der Waals surface area contributed by atoms with E-state index in [9.17, 15) is 18.0 Å². The molecule has 0 unspecified atom stereocenters. The van der Waals surface area contributed by atoms with E-state index in [4.69, 9.17) is 4.74 Å². The van der Waals surface area contributed by atoms with Crippen LogP contribution in [0.3, 0.4) is 0 Å². The first kappa shape index (κ1) is 20.1. The van der Waals surface area contributed by atoms with Crippen LogP contribution in [0.15, 0.2) is 36.4 Å². The third kappa shape index (κ3) is 4.41. The lowest BCUT2D eigenvalue weighted by Crippen LogP contribution is -2.46. The van der Waals surface area contributed by atoms with Crippen molar-refractivity contribution in [3.63, 3.8) is 0 Å². The van der Waals surface area contributed by atoms with Gasteiger partial charge in [-0.2, -0.15) is 5.10 Å². The van der Waals surface area contributed by atoms with Crippen molar-refractivity contribution in [1.82, 2.24) is 15.1 Å². The largest absolute Gasteiger partial charge is 0.448 e. The average Bonchev–Trinajstić information content (AvgIpc) is 3.30. The highest BCUT2D eigenvalue weighted by Gasteiger charge is 2.36. The summed E-state index contributed by atoms with van der Waals surface area (Å²) in [5, 5.41) is 6.73. The number of sulfone groups is 1. The number of hydrogen-bond donors (Lipinski definition) is 1. The van der Waals surface area contributed by atoms with Crippen LogP contribution in [-0.4, -0.2) is 65.6 Å². The molecule has 0 spiro atoms. The Bertz CT molecular complexity index is 955. The predicted molar refractivity (Wildman–Crippen MR) is 103 cm³/mol. The zero-order valence-electron chi connectivity index (χ0n) is 15.8. The molecule has 0 bridgehead atoms. The van der Waals surface area contributed by atoms with Gasteiger partial charge in [0.1, 0.15) is 5.69 Å². The molecule has 1 N–H and O–H groups in total. The van der Waals surface area contributed by atoms with Gasteiger partial charge in [0.05, 0.1) is 17.2 Å². The van der Waals surface area contributed by atoms with Gasteiger partial charge in [0.15, 0.2) is 15.9 Å². The van der Waals surface area contributed by atoms with E-state index >= 15 is 0 Å². The molecule has 1 aliphatic heterocycles. The summed E-state index contributed by atoms with van der Waals surface area (Å²) in [7, 11) is -3.11. The standard InChI is InChI=1S/C19H23N3O5S/c1-3-22(15-9-10-28(25,26)12-15)18(23)13(2)27-19(24)17-11-16(20-21-17)14-7-5-4-6-8-14/h4-8,11,13,15H,3,9-10,12H2,1-2H3,(H,20,21)/t13-,15+/m0/s1. The van der Waals surface area contributed by atoms with Crippen molar-refractivity contribution in [3.05, 3.63) is 42.1 Å². The Morgan fingerprint density at radius 3 is 2.64 bits per heavy atom. The molecule has 1 fully saturated rings. The first-order valence-electron chi connectivity index (χ1n) is 9.13. The van der Waals surface area contributed by atoms with Crippen molar-refractivity contribution in [2.45, 2.75) is 32.4 Å². The smallest absolute Gasteiger partial charge is 0.357 e. The third-order valence-corrected chi connectivity index (χ3v) is 6.52. The summed E-state index contributed by atoms with van der Waals surface area (Å²) in [6.07, 6.45) is -0.622. The number of carbonyl (C=O) groups is 2. The summed E-state index contributed by atoms with van der Waals surface area (Å²) in [6, 6.07) is 10.5. The highest BCUT2D eigenvalue weighted by Crippen LogP contribution is 2.20. The van der Waals surface area contributed by atoms with Crippen LogP contribution in [-0.2, 0) is 19.4 Å². The fraction of sp³-hybridized carbons (Fsp3) is 0.421. The fourth-order valence-electron chi connectivity index (χ4n) is 3.31. The van der Waals surface area contributed by atoms with Crippen molar-refractivity contribution in [1.29, 1.82) is 0 Å². The van der Waals surface area contributed by atoms with Crippen LogP contribution in [0.25, 0.3) is 11.3 Å². The molecule has 0 saturated carbocycles. The predicted octanol–water partition coefficient (Wildman–Crippen LogP) is 1.66. The third-order valence-electron chi connectivity index (χ3n) is 4.77. The number of H-pyrrole nitrogens is 1. The Morgan fingerprint density at radius 1 is 1.32 bits per heavy atom. The van der Waals surface area contributed by atoms with Gasteiger partial charge in [-0.15, -0.1) is 0 Å². The van der Waals surface area contributed by atoms with Gasteiger partial charge in [-0.3, -0.25) is 9.89 Å². The van der Waals surface area contributed by atoms with E-state index in [1.165, 1.54) is 11.8 Å². The van der Waals surface area contributed by atoms with Gasteiger partial charge in [-0.25, -0.2) is 13.2 Å². The van der Waals surface area contributed by atoms with Crippen LogP contribution in [0.5, 0.6) is 0 Å². The van der Waals surface area contributed by atoms with Crippen LogP contribution in [0.2, 0.25) is 0 Å². The molecule has 1 aromatic carbocycles. The second kappa shape index (κ2) is 8.14. The highest BCUT2D eigenvalue weighted by atomic mass is 32.2. The van der Waals surface area contributed by atoms with Gasteiger partial charge in [-0.1, -0.05) is 30.3 Å². The van der Waals surface area contributed by atoms with E-state index in [0.29, 0.717) is 18.7 Å². The number of amides is 1. The van der Waals surface area contributed by atoms with Crippen molar-refractivity contribution in [3.8, 4) is 11.3 Å². The minimum Gasteiger partial charge on any atom is -0.448 e. The molecule has 0 radical (unpaired) electrons. The van der Waals surface area contributed by atoms with E-state index in [1.54, 1.807) is 13.0 Å². The molecule has 8 nitrogen and oxygen atoms in total. The van der Waals surface area contributed by atoms with Crippen molar-refractivity contribution in [2.24, 2.45) is 0 Å². The quantitative estimate of drug-likeness (QED) is 0.732. The molecule has 1 aliphatic rings. The number of rotatable bonds is 6. The van der Waals surface area contributed by atoms with Gasteiger partial charge >= 0.3 is 5.97 Å². The monoisotopic (exact) mass is 405 g/mol. The molecule has 28 heavy (non-hydrogen) atoms. The van der Waals surface area contributed by atoms with Gasteiger partial charge in [0.2, 0.25) is 0 Å². The van der Waals surface area contributed by atoms with Crippen LogP contribution in [0.1, 0.15) is 30.8 Å². The Labute approximate surface area is 163 Å². The van der Waals surface area contributed by atoms with E-state index in [-0.39, 0.29) is 23.2 Å². The topological polar surface area (TPSA) is 109 Å². The number of esters is 1. The number of likely N-dealkylation sites (N-methyl/N-ethyl adjacent to an activating group) is 1. The zero-order chi connectivity index (χ0) is 20.3. The lowest BCUT2D eigenvalue weighted by molar-refractivity contribution is -0.141. The van der Waals surface area contributed by atoms with E-state index in [1.807, 2.05) is 30.3 Å². The molecule has 1 amide bonds. The van der Waals surface area contributed by atoms with Crippen molar-refractivity contribution in [2.75, 3.05) is 18.1 Å². The van der Waals surface area contributed by atoms with Crippen LogP contribution in [0.4, 0.5) is 0 Å². The SMILES string of the molecule is CCN(C(=O)[C@H](C)OC(=O)c1cc(-c2ccccc2)n[nH]1)[C@@H]1CCS(=O)(=O)C1. The molecule has 1 aromatic heterocycles. The second-order valence-corrected chi connectivity index (χ2v) is 8.99.